The summed E-state index contributed by atoms with van der Waals surface area (Å²) in [6.45, 7) is 13.9. The molecule has 0 radical (unpaired) electrons. The highest BCUT2D eigenvalue weighted by Crippen LogP contribution is 2.27. The first-order chi connectivity index (χ1) is 9.92. The second kappa shape index (κ2) is 8.17. The van der Waals surface area contributed by atoms with Gasteiger partial charge in [-0.1, -0.05) is 33.6 Å². The predicted octanol–water partition coefficient (Wildman–Crippen LogP) is 3.60. The van der Waals surface area contributed by atoms with Crippen LogP contribution in [-0.2, 0) is 0 Å². The number of nitrogen functional groups attached to an aromatic ring is 1. The largest absolute Gasteiger partial charge is 0.354 e. The summed E-state index contributed by atoms with van der Waals surface area (Å²) in [5.74, 6) is 8.48. The Balaban J connectivity index is 3.18. The summed E-state index contributed by atoms with van der Waals surface area (Å²) < 4.78 is 0. The molecule has 0 atom stereocenters. The molecule has 5 heteroatoms. The Hall–Kier alpha value is -1.36. The summed E-state index contributed by atoms with van der Waals surface area (Å²) in [5.41, 5.74) is 3.73. The highest BCUT2D eigenvalue weighted by atomic mass is 15.3. The molecule has 0 aromatic carbocycles. The van der Waals surface area contributed by atoms with Gasteiger partial charge in [0, 0.05) is 24.1 Å². The van der Waals surface area contributed by atoms with E-state index < -0.39 is 0 Å². The van der Waals surface area contributed by atoms with E-state index in [0.29, 0.717) is 6.04 Å². The molecule has 0 aliphatic rings. The van der Waals surface area contributed by atoms with E-state index in [4.69, 9.17) is 10.8 Å². The van der Waals surface area contributed by atoms with Crippen molar-refractivity contribution in [2.75, 3.05) is 16.9 Å². The van der Waals surface area contributed by atoms with Gasteiger partial charge in [0.05, 0.1) is 0 Å². The van der Waals surface area contributed by atoms with Gasteiger partial charge < -0.3 is 10.3 Å². The Labute approximate surface area is 129 Å². The van der Waals surface area contributed by atoms with Crippen molar-refractivity contribution in [3.63, 3.8) is 0 Å². The van der Waals surface area contributed by atoms with Gasteiger partial charge in [0.15, 0.2) is 0 Å². The van der Waals surface area contributed by atoms with Crippen LogP contribution in [0.3, 0.4) is 0 Å². The van der Waals surface area contributed by atoms with Crippen LogP contribution in [0.15, 0.2) is 0 Å². The fraction of sp³-hybridized carbons (Fsp3) is 0.750. The molecule has 3 N–H and O–H groups in total. The maximum atomic E-state index is 5.63. The van der Waals surface area contributed by atoms with Gasteiger partial charge in [-0.3, -0.25) is 0 Å². The molecule has 21 heavy (non-hydrogen) atoms. The summed E-state index contributed by atoms with van der Waals surface area (Å²) in [4.78, 5) is 11.7. The van der Waals surface area contributed by atoms with E-state index in [9.17, 15) is 0 Å². The van der Waals surface area contributed by atoms with E-state index in [1.165, 1.54) is 19.3 Å². The maximum absolute atomic E-state index is 5.63. The van der Waals surface area contributed by atoms with Gasteiger partial charge in [-0.2, -0.15) is 0 Å². The molecule has 0 fully saturated rings. The Morgan fingerprint density at radius 1 is 1.14 bits per heavy atom. The van der Waals surface area contributed by atoms with Gasteiger partial charge in [0.25, 0.3) is 0 Å². The van der Waals surface area contributed by atoms with Crippen molar-refractivity contribution in [3.05, 3.63) is 11.4 Å². The molecule has 1 aromatic heterocycles. The lowest BCUT2D eigenvalue weighted by Gasteiger charge is -2.30. The van der Waals surface area contributed by atoms with Crippen LogP contribution in [0.5, 0.6) is 0 Å². The molecule has 5 nitrogen and oxygen atoms in total. The van der Waals surface area contributed by atoms with E-state index in [0.717, 1.165) is 29.6 Å². The van der Waals surface area contributed by atoms with Crippen molar-refractivity contribution in [3.8, 4) is 0 Å². The van der Waals surface area contributed by atoms with E-state index in [1.807, 2.05) is 6.92 Å². The number of nitrogens with two attached hydrogens (primary N) is 1. The third-order valence-electron chi connectivity index (χ3n) is 3.69. The highest BCUT2D eigenvalue weighted by molar-refractivity contribution is 5.58. The molecule has 1 rings (SSSR count). The lowest BCUT2D eigenvalue weighted by Crippen LogP contribution is -2.34. The topological polar surface area (TPSA) is 67.1 Å². The van der Waals surface area contributed by atoms with E-state index >= 15 is 0 Å². The number of unbranched alkanes of at least 4 members (excludes halogenated alkanes) is 2. The predicted molar refractivity (Wildman–Crippen MR) is 90.7 cm³/mol. The van der Waals surface area contributed by atoms with Crippen LogP contribution < -0.4 is 16.2 Å². The Bertz CT molecular complexity index is 443. The lowest BCUT2D eigenvalue weighted by atomic mass is 10.1. The standard InChI is InChI=1S/C16H31N5/c1-7-8-9-10-21(12(4)5)16-13(6)15(20-17)18-14(19-16)11(2)3/h11-12H,7-10,17H2,1-6H3,(H,18,19,20). The van der Waals surface area contributed by atoms with E-state index in [2.05, 4.69) is 49.9 Å². The molecule has 0 bridgehead atoms. The molecular formula is C16H31N5. The third-order valence-corrected chi connectivity index (χ3v) is 3.69. The molecule has 0 unspecified atom stereocenters. The van der Waals surface area contributed by atoms with Crippen molar-refractivity contribution < 1.29 is 0 Å². The first-order valence-corrected chi connectivity index (χ1v) is 8.04. The van der Waals surface area contributed by atoms with Crippen LogP contribution in [-0.4, -0.2) is 22.6 Å². The minimum Gasteiger partial charge on any atom is -0.354 e. The highest BCUT2D eigenvalue weighted by Gasteiger charge is 2.19. The summed E-state index contributed by atoms with van der Waals surface area (Å²) in [7, 11) is 0. The number of hydrazine groups is 1. The fourth-order valence-electron chi connectivity index (χ4n) is 2.34. The number of aromatic nitrogens is 2. The molecule has 1 heterocycles. The maximum Gasteiger partial charge on any atom is 0.148 e. The van der Waals surface area contributed by atoms with Crippen molar-refractivity contribution in [2.24, 2.45) is 5.84 Å². The van der Waals surface area contributed by atoms with Crippen LogP contribution in [0.4, 0.5) is 11.6 Å². The summed E-state index contributed by atoms with van der Waals surface area (Å²) in [5, 5.41) is 0. The lowest BCUT2D eigenvalue weighted by molar-refractivity contribution is 0.613. The summed E-state index contributed by atoms with van der Waals surface area (Å²) >= 11 is 0. The van der Waals surface area contributed by atoms with Crippen molar-refractivity contribution in [1.82, 2.24) is 9.97 Å². The van der Waals surface area contributed by atoms with Crippen LogP contribution in [0.2, 0.25) is 0 Å². The molecule has 0 aliphatic heterocycles. The van der Waals surface area contributed by atoms with Crippen molar-refractivity contribution in [2.45, 2.75) is 72.8 Å². The zero-order valence-corrected chi connectivity index (χ0v) is 14.4. The summed E-state index contributed by atoms with van der Waals surface area (Å²) in [6, 6.07) is 0.404. The van der Waals surface area contributed by atoms with Crippen molar-refractivity contribution in [1.29, 1.82) is 0 Å². The molecule has 0 saturated heterocycles. The first kappa shape index (κ1) is 17.7. The number of hydrogen-bond donors (Lipinski definition) is 2. The first-order valence-electron chi connectivity index (χ1n) is 8.04. The average molecular weight is 293 g/mol. The summed E-state index contributed by atoms with van der Waals surface area (Å²) in [6.07, 6.45) is 3.65. The van der Waals surface area contributed by atoms with Crippen LogP contribution >= 0.6 is 0 Å². The van der Waals surface area contributed by atoms with Gasteiger partial charge in [-0.15, -0.1) is 0 Å². The molecule has 0 aliphatic carbocycles. The van der Waals surface area contributed by atoms with Crippen LogP contribution in [0.1, 0.15) is 71.2 Å². The van der Waals surface area contributed by atoms with E-state index in [-0.39, 0.29) is 5.92 Å². The number of nitrogens with zero attached hydrogens (tertiary/aromatic N) is 3. The number of hydrogen-bond acceptors (Lipinski definition) is 5. The number of rotatable bonds is 8. The van der Waals surface area contributed by atoms with Gasteiger partial charge in [0.2, 0.25) is 0 Å². The monoisotopic (exact) mass is 293 g/mol. The SMILES string of the molecule is CCCCCN(c1nc(C(C)C)nc(NN)c1C)C(C)C. The molecule has 0 amide bonds. The van der Waals surface area contributed by atoms with Crippen LogP contribution in [0, 0.1) is 6.92 Å². The third kappa shape index (κ3) is 4.56. The minimum atomic E-state index is 0.279. The number of nitrogens with one attached hydrogen (secondary N) is 1. The normalized spacial score (nSPS) is 11.3. The van der Waals surface area contributed by atoms with Gasteiger partial charge in [-0.05, 0) is 27.2 Å². The Morgan fingerprint density at radius 2 is 1.81 bits per heavy atom. The van der Waals surface area contributed by atoms with Crippen LogP contribution in [0.25, 0.3) is 0 Å². The van der Waals surface area contributed by atoms with Gasteiger partial charge >= 0.3 is 0 Å². The van der Waals surface area contributed by atoms with Gasteiger partial charge in [0.1, 0.15) is 17.5 Å². The zero-order chi connectivity index (χ0) is 16.0. The zero-order valence-electron chi connectivity index (χ0n) is 14.4. The molecule has 0 spiro atoms. The Kier molecular flexibility index (Phi) is 6.89. The van der Waals surface area contributed by atoms with Crippen molar-refractivity contribution >= 4 is 11.6 Å². The molecule has 1 aromatic rings. The molecular weight excluding hydrogens is 262 g/mol. The fourth-order valence-corrected chi connectivity index (χ4v) is 2.34. The smallest absolute Gasteiger partial charge is 0.148 e. The Morgan fingerprint density at radius 3 is 2.29 bits per heavy atom. The second-order valence-electron chi connectivity index (χ2n) is 6.17. The minimum absolute atomic E-state index is 0.279. The van der Waals surface area contributed by atoms with E-state index in [1.54, 1.807) is 0 Å². The quantitative estimate of drug-likeness (QED) is 0.435. The average Bonchev–Trinajstić information content (AvgIpc) is 2.44. The van der Waals surface area contributed by atoms with Gasteiger partial charge in [-0.25, -0.2) is 15.8 Å². The molecule has 0 saturated carbocycles. The number of anilines is 2. The second-order valence-corrected chi connectivity index (χ2v) is 6.17. The molecule has 120 valence electrons.